The van der Waals surface area contributed by atoms with Gasteiger partial charge in [-0.3, -0.25) is 0 Å². The number of hydrogen-bond donors (Lipinski definition) is 1. The van der Waals surface area contributed by atoms with E-state index < -0.39 is 0 Å². The van der Waals surface area contributed by atoms with Crippen molar-refractivity contribution in [2.45, 2.75) is 46.1 Å². The van der Waals surface area contributed by atoms with Gasteiger partial charge in [0.05, 0.1) is 0 Å². The first kappa shape index (κ1) is 14.7. The van der Waals surface area contributed by atoms with E-state index in [2.05, 4.69) is 67.3 Å². The first-order valence-electron chi connectivity index (χ1n) is 6.48. The third-order valence-electron chi connectivity index (χ3n) is 3.23. The second kappa shape index (κ2) is 7.17. The summed E-state index contributed by atoms with van der Waals surface area (Å²) in [4.78, 5) is 0. The van der Waals surface area contributed by atoms with Crippen molar-refractivity contribution in [3.63, 3.8) is 0 Å². The predicted octanol–water partition coefficient (Wildman–Crippen LogP) is 4.84. The SMILES string of the molecule is CNC(CCCC(C)C)c1ccc(Br)cc1C. The van der Waals surface area contributed by atoms with Crippen molar-refractivity contribution in [1.29, 1.82) is 0 Å². The number of nitrogens with one attached hydrogen (secondary N) is 1. The maximum Gasteiger partial charge on any atom is 0.0320 e. The van der Waals surface area contributed by atoms with Crippen molar-refractivity contribution in [2.75, 3.05) is 7.05 Å². The molecule has 0 saturated carbocycles. The third kappa shape index (κ3) is 4.81. The third-order valence-corrected chi connectivity index (χ3v) is 3.72. The van der Waals surface area contributed by atoms with Gasteiger partial charge in [-0.05, 0) is 49.6 Å². The van der Waals surface area contributed by atoms with Crippen molar-refractivity contribution in [2.24, 2.45) is 5.92 Å². The van der Waals surface area contributed by atoms with Gasteiger partial charge in [0, 0.05) is 10.5 Å². The zero-order valence-corrected chi connectivity index (χ0v) is 13.0. The molecule has 0 fully saturated rings. The molecule has 0 heterocycles. The molecule has 96 valence electrons. The Hall–Kier alpha value is -0.340. The molecule has 2 heteroatoms. The van der Waals surface area contributed by atoms with Crippen LogP contribution in [0, 0.1) is 12.8 Å². The zero-order valence-electron chi connectivity index (χ0n) is 11.4. The Kier molecular flexibility index (Phi) is 6.21. The van der Waals surface area contributed by atoms with E-state index in [9.17, 15) is 0 Å². The Morgan fingerprint density at radius 3 is 2.47 bits per heavy atom. The lowest BCUT2D eigenvalue weighted by atomic mass is 9.95. The molecule has 0 amide bonds. The molecule has 0 aliphatic heterocycles. The first-order valence-corrected chi connectivity index (χ1v) is 7.27. The fourth-order valence-electron chi connectivity index (χ4n) is 2.22. The Balaban J connectivity index is 2.66. The molecule has 1 atom stereocenters. The second-order valence-corrected chi connectivity index (χ2v) is 6.08. The lowest BCUT2D eigenvalue weighted by Crippen LogP contribution is -2.17. The number of halogens is 1. The molecule has 0 aliphatic carbocycles. The Bertz CT molecular complexity index is 347. The van der Waals surface area contributed by atoms with E-state index >= 15 is 0 Å². The monoisotopic (exact) mass is 297 g/mol. The van der Waals surface area contributed by atoms with Crippen LogP contribution in [0.25, 0.3) is 0 Å². The summed E-state index contributed by atoms with van der Waals surface area (Å²) in [6.45, 7) is 6.77. The van der Waals surface area contributed by atoms with Crippen LogP contribution in [-0.4, -0.2) is 7.05 Å². The molecule has 0 bridgehead atoms. The molecule has 0 radical (unpaired) electrons. The van der Waals surface area contributed by atoms with Crippen LogP contribution < -0.4 is 5.32 Å². The average Bonchev–Trinajstić information content (AvgIpc) is 2.25. The molecule has 1 nitrogen and oxygen atoms in total. The van der Waals surface area contributed by atoms with Gasteiger partial charge in [0.15, 0.2) is 0 Å². The molecular weight excluding hydrogens is 274 g/mol. The Labute approximate surface area is 114 Å². The normalized spacial score (nSPS) is 13.1. The lowest BCUT2D eigenvalue weighted by Gasteiger charge is -2.19. The molecule has 1 aromatic rings. The van der Waals surface area contributed by atoms with Crippen LogP contribution in [0.1, 0.15) is 50.3 Å². The number of benzene rings is 1. The largest absolute Gasteiger partial charge is 0.313 e. The lowest BCUT2D eigenvalue weighted by molar-refractivity contribution is 0.469. The van der Waals surface area contributed by atoms with E-state index in [1.165, 1.54) is 30.4 Å². The molecule has 1 unspecified atom stereocenters. The Morgan fingerprint density at radius 2 is 1.94 bits per heavy atom. The van der Waals surface area contributed by atoms with Gasteiger partial charge in [-0.25, -0.2) is 0 Å². The van der Waals surface area contributed by atoms with Crippen LogP contribution in [0.5, 0.6) is 0 Å². The first-order chi connectivity index (χ1) is 8.04. The summed E-state index contributed by atoms with van der Waals surface area (Å²) in [6, 6.07) is 7.05. The predicted molar refractivity (Wildman–Crippen MR) is 79.4 cm³/mol. The van der Waals surface area contributed by atoms with Crippen molar-refractivity contribution in [1.82, 2.24) is 5.32 Å². The summed E-state index contributed by atoms with van der Waals surface area (Å²) in [5.74, 6) is 0.804. The van der Waals surface area contributed by atoms with Gasteiger partial charge in [0.1, 0.15) is 0 Å². The van der Waals surface area contributed by atoms with Crippen molar-refractivity contribution in [3.05, 3.63) is 33.8 Å². The van der Waals surface area contributed by atoms with E-state index in [-0.39, 0.29) is 0 Å². The van der Waals surface area contributed by atoms with Crippen molar-refractivity contribution >= 4 is 15.9 Å². The van der Waals surface area contributed by atoms with Gasteiger partial charge in [-0.15, -0.1) is 0 Å². The Morgan fingerprint density at radius 1 is 1.24 bits per heavy atom. The number of aryl methyl sites for hydroxylation is 1. The summed E-state index contributed by atoms with van der Waals surface area (Å²) in [6.07, 6.45) is 3.82. The van der Waals surface area contributed by atoms with Gasteiger partial charge in [0.2, 0.25) is 0 Å². The topological polar surface area (TPSA) is 12.0 Å². The quantitative estimate of drug-likeness (QED) is 0.792. The van der Waals surface area contributed by atoms with Crippen LogP contribution in [0.2, 0.25) is 0 Å². The highest BCUT2D eigenvalue weighted by Gasteiger charge is 2.11. The summed E-state index contributed by atoms with van der Waals surface area (Å²) < 4.78 is 1.16. The van der Waals surface area contributed by atoms with E-state index in [1.807, 2.05) is 0 Å². The molecule has 1 aromatic carbocycles. The van der Waals surface area contributed by atoms with Crippen LogP contribution in [0.4, 0.5) is 0 Å². The molecule has 0 aliphatic rings. The number of hydrogen-bond acceptors (Lipinski definition) is 1. The molecule has 0 saturated heterocycles. The van der Waals surface area contributed by atoms with Crippen LogP contribution in [0.15, 0.2) is 22.7 Å². The highest BCUT2D eigenvalue weighted by atomic mass is 79.9. The highest BCUT2D eigenvalue weighted by Crippen LogP contribution is 2.25. The summed E-state index contributed by atoms with van der Waals surface area (Å²) in [7, 11) is 2.06. The van der Waals surface area contributed by atoms with E-state index in [0.29, 0.717) is 6.04 Å². The summed E-state index contributed by atoms with van der Waals surface area (Å²) in [5.41, 5.74) is 2.79. The number of rotatable bonds is 6. The minimum Gasteiger partial charge on any atom is -0.313 e. The fourth-order valence-corrected chi connectivity index (χ4v) is 2.69. The molecule has 1 N–H and O–H groups in total. The summed E-state index contributed by atoms with van der Waals surface area (Å²) in [5, 5.41) is 3.44. The smallest absolute Gasteiger partial charge is 0.0320 e. The molecule has 0 spiro atoms. The van der Waals surface area contributed by atoms with E-state index in [0.717, 1.165) is 10.4 Å². The zero-order chi connectivity index (χ0) is 12.8. The molecule has 1 rings (SSSR count). The van der Waals surface area contributed by atoms with Gasteiger partial charge in [0.25, 0.3) is 0 Å². The van der Waals surface area contributed by atoms with Gasteiger partial charge in [-0.2, -0.15) is 0 Å². The summed E-state index contributed by atoms with van der Waals surface area (Å²) >= 11 is 3.52. The van der Waals surface area contributed by atoms with Crippen molar-refractivity contribution in [3.8, 4) is 0 Å². The fraction of sp³-hybridized carbons (Fsp3) is 0.600. The molecular formula is C15H24BrN. The van der Waals surface area contributed by atoms with Crippen LogP contribution in [-0.2, 0) is 0 Å². The molecule has 0 aromatic heterocycles. The van der Waals surface area contributed by atoms with Crippen molar-refractivity contribution < 1.29 is 0 Å². The average molecular weight is 298 g/mol. The highest BCUT2D eigenvalue weighted by molar-refractivity contribution is 9.10. The van der Waals surface area contributed by atoms with Gasteiger partial charge < -0.3 is 5.32 Å². The maximum absolute atomic E-state index is 3.52. The maximum atomic E-state index is 3.52. The molecule has 17 heavy (non-hydrogen) atoms. The minimum absolute atomic E-state index is 0.488. The van der Waals surface area contributed by atoms with E-state index in [4.69, 9.17) is 0 Å². The van der Waals surface area contributed by atoms with E-state index in [1.54, 1.807) is 0 Å². The van der Waals surface area contributed by atoms with Crippen LogP contribution in [0.3, 0.4) is 0 Å². The van der Waals surface area contributed by atoms with Gasteiger partial charge in [-0.1, -0.05) is 48.7 Å². The van der Waals surface area contributed by atoms with Crippen LogP contribution >= 0.6 is 15.9 Å². The minimum atomic E-state index is 0.488. The second-order valence-electron chi connectivity index (χ2n) is 5.17. The van der Waals surface area contributed by atoms with Gasteiger partial charge >= 0.3 is 0 Å². The standard InChI is InChI=1S/C15H24BrN/c1-11(2)6-5-7-15(17-4)14-9-8-13(16)10-12(14)3/h8-11,15,17H,5-7H2,1-4H3.